The Morgan fingerprint density at radius 3 is 2.45 bits per heavy atom. The van der Waals surface area contributed by atoms with Crippen LogP contribution in [0.2, 0.25) is 0 Å². The van der Waals surface area contributed by atoms with Crippen molar-refractivity contribution in [2.24, 2.45) is 0 Å². The standard InChI is InChI=1S/C27H20N2O3S/c1-18-5-4-6-21(13-18)29-26(30)24-8-3-2-7-23(24)25(27(29)31)14-19-9-11-22(12-10-19)32-15-20-16-33-17-28-20/h2-14,16-17H,15H2,1H3. The van der Waals surface area contributed by atoms with Crippen LogP contribution in [-0.4, -0.2) is 16.8 Å². The van der Waals surface area contributed by atoms with Gasteiger partial charge in [-0.15, -0.1) is 11.3 Å². The summed E-state index contributed by atoms with van der Waals surface area (Å²) in [5, 5.41) is 1.95. The van der Waals surface area contributed by atoms with Crippen molar-refractivity contribution in [3.63, 3.8) is 0 Å². The molecule has 5 nitrogen and oxygen atoms in total. The highest BCUT2D eigenvalue weighted by molar-refractivity contribution is 7.07. The van der Waals surface area contributed by atoms with Gasteiger partial charge in [0.1, 0.15) is 12.4 Å². The fraction of sp³-hybridized carbons (Fsp3) is 0.0741. The van der Waals surface area contributed by atoms with Crippen LogP contribution in [-0.2, 0) is 11.4 Å². The summed E-state index contributed by atoms with van der Waals surface area (Å²) >= 11 is 1.53. The van der Waals surface area contributed by atoms with Gasteiger partial charge >= 0.3 is 0 Å². The lowest BCUT2D eigenvalue weighted by atomic mass is 9.91. The molecule has 0 atom stereocenters. The number of hydrogen-bond acceptors (Lipinski definition) is 5. The average molecular weight is 453 g/mol. The van der Waals surface area contributed by atoms with Crippen molar-refractivity contribution in [3.8, 4) is 5.75 Å². The number of aryl methyl sites for hydroxylation is 1. The maximum absolute atomic E-state index is 13.5. The first-order valence-electron chi connectivity index (χ1n) is 10.5. The van der Waals surface area contributed by atoms with E-state index in [9.17, 15) is 9.59 Å². The molecule has 33 heavy (non-hydrogen) atoms. The third kappa shape index (κ3) is 4.21. The van der Waals surface area contributed by atoms with Crippen molar-refractivity contribution >= 4 is 40.5 Å². The molecular weight excluding hydrogens is 432 g/mol. The van der Waals surface area contributed by atoms with Gasteiger partial charge in [0, 0.05) is 16.5 Å². The van der Waals surface area contributed by atoms with Gasteiger partial charge in [-0.1, -0.05) is 42.5 Å². The van der Waals surface area contributed by atoms with Crippen molar-refractivity contribution in [1.29, 1.82) is 0 Å². The number of hydrogen-bond donors (Lipinski definition) is 0. The second-order valence-corrected chi connectivity index (χ2v) is 8.44. The SMILES string of the molecule is Cc1cccc(N2C(=O)C(=Cc3ccc(OCc4cscn4)cc3)c3ccccc3C2=O)c1. The number of aromatic nitrogens is 1. The summed E-state index contributed by atoms with van der Waals surface area (Å²) in [7, 11) is 0. The van der Waals surface area contributed by atoms with Crippen molar-refractivity contribution in [1.82, 2.24) is 4.98 Å². The van der Waals surface area contributed by atoms with Crippen LogP contribution in [0.25, 0.3) is 11.6 Å². The molecule has 1 aliphatic heterocycles. The number of carbonyl (C=O) groups is 2. The quantitative estimate of drug-likeness (QED) is 0.285. The molecule has 0 saturated heterocycles. The molecule has 0 bridgehead atoms. The largest absolute Gasteiger partial charge is 0.487 e. The Morgan fingerprint density at radius 1 is 0.939 bits per heavy atom. The Balaban J connectivity index is 1.48. The summed E-state index contributed by atoms with van der Waals surface area (Å²) in [4.78, 5) is 32.2. The van der Waals surface area contributed by atoms with Gasteiger partial charge in [0.05, 0.1) is 16.9 Å². The molecule has 0 radical (unpaired) electrons. The molecule has 162 valence electrons. The van der Waals surface area contributed by atoms with Crippen molar-refractivity contribution in [2.45, 2.75) is 13.5 Å². The Morgan fingerprint density at radius 2 is 1.73 bits per heavy atom. The zero-order chi connectivity index (χ0) is 22.8. The molecule has 0 saturated carbocycles. The monoisotopic (exact) mass is 452 g/mol. The fourth-order valence-corrected chi connectivity index (χ4v) is 4.33. The molecule has 0 N–H and O–H groups in total. The van der Waals surface area contributed by atoms with Gasteiger partial charge in [-0.05, 0) is 60.0 Å². The van der Waals surface area contributed by atoms with E-state index in [1.165, 1.54) is 16.2 Å². The predicted octanol–water partition coefficient (Wildman–Crippen LogP) is 5.76. The highest BCUT2D eigenvalue weighted by atomic mass is 32.1. The Bertz CT molecular complexity index is 1360. The predicted molar refractivity (Wildman–Crippen MR) is 130 cm³/mol. The third-order valence-corrected chi connectivity index (χ3v) is 6.04. The smallest absolute Gasteiger partial charge is 0.265 e. The van der Waals surface area contributed by atoms with Crippen LogP contribution in [0.15, 0.2) is 83.7 Å². The first kappa shape index (κ1) is 20.8. The molecule has 3 aromatic carbocycles. The van der Waals surface area contributed by atoms with E-state index in [0.717, 1.165) is 22.6 Å². The number of benzene rings is 3. The number of thiazole rings is 1. The third-order valence-electron chi connectivity index (χ3n) is 5.41. The minimum absolute atomic E-state index is 0.316. The number of rotatable bonds is 5. The number of anilines is 1. The Hall–Kier alpha value is -4.03. The lowest BCUT2D eigenvalue weighted by molar-refractivity contribution is -0.112. The van der Waals surface area contributed by atoms with Crippen LogP contribution < -0.4 is 9.64 Å². The highest BCUT2D eigenvalue weighted by Crippen LogP contribution is 2.33. The number of imide groups is 1. The molecule has 5 rings (SSSR count). The van der Waals surface area contributed by atoms with Gasteiger partial charge in [-0.3, -0.25) is 9.59 Å². The molecule has 2 amide bonds. The van der Waals surface area contributed by atoms with Crippen molar-refractivity contribution in [2.75, 3.05) is 4.90 Å². The average Bonchev–Trinajstić information content (AvgIpc) is 3.35. The van der Waals surface area contributed by atoms with Gasteiger partial charge in [-0.2, -0.15) is 0 Å². The summed E-state index contributed by atoms with van der Waals surface area (Å²) < 4.78 is 5.78. The Kier molecular flexibility index (Phi) is 5.59. The molecular formula is C27H20N2O3S. The molecule has 4 aromatic rings. The molecule has 0 unspecified atom stereocenters. The molecule has 2 heterocycles. The number of fused-ring (bicyclic) bond motifs is 1. The molecule has 1 aromatic heterocycles. The van der Waals surface area contributed by atoms with Gasteiger partial charge in [-0.25, -0.2) is 9.88 Å². The number of amides is 2. The van der Waals surface area contributed by atoms with E-state index in [4.69, 9.17) is 4.74 Å². The van der Waals surface area contributed by atoms with E-state index >= 15 is 0 Å². The van der Waals surface area contributed by atoms with E-state index < -0.39 is 0 Å². The first-order valence-corrected chi connectivity index (χ1v) is 11.4. The lowest BCUT2D eigenvalue weighted by Crippen LogP contribution is -2.41. The maximum Gasteiger partial charge on any atom is 0.265 e. The summed E-state index contributed by atoms with van der Waals surface area (Å²) in [6.07, 6.45) is 1.82. The second-order valence-electron chi connectivity index (χ2n) is 7.73. The van der Waals surface area contributed by atoms with Crippen molar-refractivity contribution in [3.05, 3.63) is 112 Å². The summed E-state index contributed by atoms with van der Waals surface area (Å²) in [6.45, 7) is 2.34. The molecule has 6 heteroatoms. The summed E-state index contributed by atoms with van der Waals surface area (Å²) in [5.74, 6) is 0.0642. The molecule has 0 spiro atoms. The van der Waals surface area contributed by atoms with Gasteiger partial charge < -0.3 is 4.74 Å². The van der Waals surface area contributed by atoms with Crippen LogP contribution in [0.5, 0.6) is 5.75 Å². The molecule has 0 fully saturated rings. The maximum atomic E-state index is 13.5. The summed E-state index contributed by atoms with van der Waals surface area (Å²) in [6, 6.07) is 22.1. The second kappa shape index (κ2) is 8.84. The van der Waals surface area contributed by atoms with E-state index in [1.54, 1.807) is 17.6 Å². The zero-order valence-corrected chi connectivity index (χ0v) is 18.7. The van der Waals surface area contributed by atoms with E-state index in [1.807, 2.05) is 79.0 Å². The van der Waals surface area contributed by atoms with Crippen LogP contribution in [0, 0.1) is 6.92 Å². The van der Waals surface area contributed by atoms with Crippen LogP contribution in [0.4, 0.5) is 5.69 Å². The van der Waals surface area contributed by atoms with Gasteiger partial charge in [0.15, 0.2) is 0 Å². The summed E-state index contributed by atoms with van der Waals surface area (Å²) in [5.41, 5.74) is 6.67. The topological polar surface area (TPSA) is 59.5 Å². The van der Waals surface area contributed by atoms with Crippen LogP contribution >= 0.6 is 11.3 Å². The van der Waals surface area contributed by atoms with Gasteiger partial charge in [0.2, 0.25) is 0 Å². The number of carbonyl (C=O) groups excluding carboxylic acids is 2. The van der Waals surface area contributed by atoms with E-state index in [-0.39, 0.29) is 11.8 Å². The van der Waals surface area contributed by atoms with Gasteiger partial charge in [0.25, 0.3) is 11.8 Å². The van der Waals surface area contributed by atoms with E-state index in [0.29, 0.717) is 29.0 Å². The van der Waals surface area contributed by atoms with Crippen LogP contribution in [0.3, 0.4) is 0 Å². The van der Waals surface area contributed by atoms with E-state index in [2.05, 4.69) is 4.98 Å². The minimum Gasteiger partial charge on any atom is -0.487 e. The first-order chi connectivity index (χ1) is 16.1. The zero-order valence-electron chi connectivity index (χ0n) is 17.9. The minimum atomic E-state index is -0.340. The normalized spacial score (nSPS) is 14.5. The molecule has 0 aliphatic carbocycles. The van der Waals surface area contributed by atoms with Crippen molar-refractivity contribution < 1.29 is 14.3 Å². The highest BCUT2D eigenvalue weighted by Gasteiger charge is 2.35. The lowest BCUT2D eigenvalue weighted by Gasteiger charge is -2.29. The Labute approximate surface area is 195 Å². The number of ether oxygens (including phenoxy) is 1. The van der Waals surface area contributed by atoms with Crippen LogP contribution in [0.1, 0.15) is 32.7 Å². The molecule has 1 aliphatic rings. The fourth-order valence-electron chi connectivity index (χ4n) is 3.79. The number of nitrogens with zero attached hydrogens (tertiary/aromatic N) is 2.